The molecule has 6 heteroatoms. The van der Waals surface area contributed by atoms with Gasteiger partial charge in [-0.15, -0.1) is 0 Å². The Morgan fingerprint density at radius 1 is 1.59 bits per heavy atom. The lowest BCUT2D eigenvalue weighted by molar-refractivity contribution is -0.117. The number of rotatable bonds is 2. The van der Waals surface area contributed by atoms with E-state index in [4.69, 9.17) is 11.6 Å². The highest BCUT2D eigenvalue weighted by Gasteiger charge is 2.22. The molecule has 0 bridgehead atoms. The molecule has 0 radical (unpaired) electrons. The quantitative estimate of drug-likeness (QED) is 0.868. The van der Waals surface area contributed by atoms with Gasteiger partial charge in [-0.05, 0) is 12.1 Å². The van der Waals surface area contributed by atoms with Crippen LogP contribution in [0.4, 0.5) is 10.1 Å². The molecule has 1 amide bonds. The second-order valence-corrected chi connectivity index (χ2v) is 5.22. The Labute approximate surface area is 108 Å². The third-order valence-electron chi connectivity index (χ3n) is 2.45. The molecular weight excluding hydrogens is 263 g/mol. The fourth-order valence-electron chi connectivity index (χ4n) is 1.56. The van der Waals surface area contributed by atoms with Crippen molar-refractivity contribution in [2.24, 2.45) is 0 Å². The molecule has 0 aliphatic carbocycles. The van der Waals surface area contributed by atoms with E-state index < -0.39 is 5.82 Å². The van der Waals surface area contributed by atoms with Crippen LogP contribution in [0.15, 0.2) is 18.2 Å². The Morgan fingerprint density at radius 2 is 2.41 bits per heavy atom. The van der Waals surface area contributed by atoms with Crippen molar-refractivity contribution in [1.82, 2.24) is 5.32 Å². The van der Waals surface area contributed by atoms with E-state index in [0.717, 1.165) is 12.3 Å². The number of benzene rings is 1. The zero-order valence-corrected chi connectivity index (χ0v) is 10.6. The lowest BCUT2D eigenvalue weighted by Gasteiger charge is -2.22. The maximum absolute atomic E-state index is 13.5. The van der Waals surface area contributed by atoms with E-state index in [2.05, 4.69) is 10.6 Å². The minimum atomic E-state index is -0.519. The minimum absolute atomic E-state index is 0.0524. The molecule has 1 aliphatic heterocycles. The molecule has 2 rings (SSSR count). The number of amides is 1. The monoisotopic (exact) mass is 274 g/mol. The molecular formula is C11H12ClFN2OS. The number of anilines is 1. The van der Waals surface area contributed by atoms with Crippen LogP contribution < -0.4 is 10.6 Å². The van der Waals surface area contributed by atoms with Gasteiger partial charge in [0.25, 0.3) is 0 Å². The van der Waals surface area contributed by atoms with Crippen molar-refractivity contribution in [3.8, 4) is 0 Å². The molecule has 1 aromatic carbocycles. The Bertz CT molecular complexity index is 404. The van der Waals surface area contributed by atoms with Crippen LogP contribution in [0.3, 0.4) is 0 Å². The van der Waals surface area contributed by atoms with Gasteiger partial charge >= 0.3 is 0 Å². The molecule has 1 atom stereocenters. The predicted octanol–water partition coefficient (Wildman–Crippen LogP) is 2.12. The Morgan fingerprint density at radius 3 is 3.06 bits per heavy atom. The smallest absolute Gasteiger partial charge is 0.242 e. The van der Waals surface area contributed by atoms with Gasteiger partial charge in [0.15, 0.2) is 0 Å². The number of carbonyl (C=O) groups is 1. The highest BCUT2D eigenvalue weighted by Crippen LogP contribution is 2.25. The van der Waals surface area contributed by atoms with Crippen LogP contribution in [-0.4, -0.2) is 30.0 Å². The molecule has 1 aliphatic rings. The van der Waals surface area contributed by atoms with Crippen molar-refractivity contribution >= 4 is 35.0 Å². The van der Waals surface area contributed by atoms with Crippen LogP contribution in [0, 0.1) is 5.82 Å². The van der Waals surface area contributed by atoms with Crippen LogP contribution >= 0.6 is 23.4 Å². The summed E-state index contributed by atoms with van der Waals surface area (Å²) in [5.41, 5.74) is 0.0524. The zero-order chi connectivity index (χ0) is 12.3. The van der Waals surface area contributed by atoms with Crippen molar-refractivity contribution in [1.29, 1.82) is 0 Å². The predicted molar refractivity (Wildman–Crippen MR) is 69.2 cm³/mol. The van der Waals surface area contributed by atoms with Gasteiger partial charge in [0.1, 0.15) is 5.82 Å². The summed E-state index contributed by atoms with van der Waals surface area (Å²) in [4.78, 5) is 11.9. The first-order chi connectivity index (χ1) is 8.18. The topological polar surface area (TPSA) is 41.1 Å². The number of carbonyl (C=O) groups excluding carboxylic acids is 1. The lowest BCUT2D eigenvalue weighted by atomic mass is 10.2. The Kier molecular flexibility index (Phi) is 4.25. The van der Waals surface area contributed by atoms with E-state index in [1.165, 1.54) is 12.1 Å². The minimum Gasteiger partial charge on any atom is -0.321 e. The Hall–Kier alpha value is -0.780. The van der Waals surface area contributed by atoms with E-state index in [0.29, 0.717) is 5.75 Å². The molecule has 3 nitrogen and oxygen atoms in total. The summed E-state index contributed by atoms with van der Waals surface area (Å²) < 4.78 is 13.5. The molecule has 1 unspecified atom stereocenters. The summed E-state index contributed by atoms with van der Waals surface area (Å²) in [6.07, 6.45) is 0. The number of nitrogens with one attached hydrogen (secondary N) is 2. The van der Waals surface area contributed by atoms with Crippen molar-refractivity contribution in [2.75, 3.05) is 23.4 Å². The second kappa shape index (κ2) is 5.71. The first-order valence-electron chi connectivity index (χ1n) is 5.24. The van der Waals surface area contributed by atoms with Crippen molar-refractivity contribution in [3.63, 3.8) is 0 Å². The van der Waals surface area contributed by atoms with E-state index in [9.17, 15) is 9.18 Å². The van der Waals surface area contributed by atoms with Gasteiger partial charge in [0.05, 0.1) is 16.8 Å². The van der Waals surface area contributed by atoms with Gasteiger partial charge < -0.3 is 10.6 Å². The first-order valence-corrected chi connectivity index (χ1v) is 6.78. The van der Waals surface area contributed by atoms with Gasteiger partial charge in [-0.3, -0.25) is 4.79 Å². The van der Waals surface area contributed by atoms with E-state index >= 15 is 0 Å². The van der Waals surface area contributed by atoms with Crippen molar-refractivity contribution in [3.05, 3.63) is 29.0 Å². The molecule has 1 heterocycles. The third kappa shape index (κ3) is 3.12. The fourth-order valence-corrected chi connectivity index (χ4v) is 2.71. The normalized spacial score (nSPS) is 20.0. The van der Waals surface area contributed by atoms with Crippen molar-refractivity contribution in [2.45, 2.75) is 6.04 Å². The highest BCUT2D eigenvalue weighted by atomic mass is 35.5. The highest BCUT2D eigenvalue weighted by molar-refractivity contribution is 7.99. The summed E-state index contributed by atoms with van der Waals surface area (Å²) in [5.74, 6) is 0.917. The van der Waals surface area contributed by atoms with Gasteiger partial charge in [-0.25, -0.2) is 4.39 Å². The number of para-hydroxylation sites is 1. The molecule has 2 N–H and O–H groups in total. The summed E-state index contributed by atoms with van der Waals surface area (Å²) in [6, 6.07) is 4.03. The first kappa shape index (κ1) is 12.7. The van der Waals surface area contributed by atoms with Gasteiger partial charge in [0, 0.05) is 18.1 Å². The SMILES string of the molecule is O=C(Nc1c(F)cccc1Cl)C1CSCCN1. The number of halogens is 2. The molecule has 92 valence electrons. The fraction of sp³-hybridized carbons (Fsp3) is 0.364. The molecule has 1 aromatic rings. The van der Waals surface area contributed by atoms with Crippen molar-refractivity contribution < 1.29 is 9.18 Å². The maximum Gasteiger partial charge on any atom is 0.242 e. The summed E-state index contributed by atoms with van der Waals surface area (Å²) in [7, 11) is 0. The van der Waals surface area contributed by atoms with E-state index in [-0.39, 0.29) is 22.7 Å². The molecule has 1 fully saturated rings. The average Bonchev–Trinajstić information content (AvgIpc) is 2.35. The molecule has 1 saturated heterocycles. The Balaban J connectivity index is 2.07. The van der Waals surface area contributed by atoms with E-state index in [1.54, 1.807) is 17.8 Å². The second-order valence-electron chi connectivity index (χ2n) is 3.67. The summed E-state index contributed by atoms with van der Waals surface area (Å²) in [5, 5.41) is 5.82. The standard InChI is InChI=1S/C11H12ClFN2OS/c12-7-2-1-3-8(13)10(7)15-11(16)9-6-17-5-4-14-9/h1-3,9,14H,4-6H2,(H,15,16). The largest absolute Gasteiger partial charge is 0.321 e. The molecule has 0 spiro atoms. The summed E-state index contributed by atoms with van der Waals surface area (Å²) in [6.45, 7) is 0.785. The number of hydrogen-bond donors (Lipinski definition) is 2. The van der Waals surface area contributed by atoms with Gasteiger partial charge in [-0.1, -0.05) is 17.7 Å². The zero-order valence-electron chi connectivity index (χ0n) is 9.00. The lowest BCUT2D eigenvalue weighted by Crippen LogP contribution is -2.46. The summed E-state index contributed by atoms with van der Waals surface area (Å²) >= 11 is 7.53. The molecule has 17 heavy (non-hydrogen) atoms. The number of hydrogen-bond acceptors (Lipinski definition) is 3. The van der Waals surface area contributed by atoms with Gasteiger partial charge in [0.2, 0.25) is 5.91 Å². The number of thioether (sulfide) groups is 1. The average molecular weight is 275 g/mol. The van der Waals surface area contributed by atoms with E-state index in [1.807, 2.05) is 0 Å². The van der Waals surface area contributed by atoms with Crippen LogP contribution in [0.25, 0.3) is 0 Å². The van der Waals surface area contributed by atoms with Crippen LogP contribution in [-0.2, 0) is 4.79 Å². The maximum atomic E-state index is 13.5. The van der Waals surface area contributed by atoms with Gasteiger partial charge in [-0.2, -0.15) is 11.8 Å². The third-order valence-corrected chi connectivity index (χ3v) is 3.83. The van der Waals surface area contributed by atoms with Crippen LogP contribution in [0.1, 0.15) is 0 Å². The molecule has 0 saturated carbocycles. The van der Waals surface area contributed by atoms with Crippen LogP contribution in [0.2, 0.25) is 5.02 Å². The molecule has 0 aromatic heterocycles. The van der Waals surface area contributed by atoms with Crippen LogP contribution in [0.5, 0.6) is 0 Å².